The molecule has 3 nitrogen and oxygen atoms in total. The molecular formula is C9H18O3. The summed E-state index contributed by atoms with van der Waals surface area (Å²) in [5.74, 6) is 0.257. The molecule has 0 radical (unpaired) electrons. The van der Waals surface area contributed by atoms with Gasteiger partial charge in [-0.1, -0.05) is 13.8 Å². The van der Waals surface area contributed by atoms with Crippen molar-refractivity contribution in [2.45, 2.75) is 45.0 Å². The number of ether oxygens (including phenoxy) is 1. The smallest absolute Gasteiger partial charge is 0.106 e. The molecular weight excluding hydrogens is 156 g/mol. The Morgan fingerprint density at radius 3 is 2.58 bits per heavy atom. The summed E-state index contributed by atoms with van der Waals surface area (Å²) in [7, 11) is 0. The van der Waals surface area contributed by atoms with E-state index in [-0.39, 0.29) is 12.0 Å². The van der Waals surface area contributed by atoms with Crippen molar-refractivity contribution >= 4 is 0 Å². The van der Waals surface area contributed by atoms with E-state index in [9.17, 15) is 10.2 Å². The van der Waals surface area contributed by atoms with Crippen LogP contribution in [0.5, 0.6) is 0 Å². The minimum Gasteiger partial charge on any atom is -0.390 e. The fourth-order valence-corrected chi connectivity index (χ4v) is 1.59. The summed E-state index contributed by atoms with van der Waals surface area (Å²) >= 11 is 0. The average Bonchev–Trinajstić information content (AvgIpc) is 2.15. The highest BCUT2D eigenvalue weighted by Crippen LogP contribution is 2.20. The summed E-state index contributed by atoms with van der Waals surface area (Å²) < 4.78 is 5.44. The van der Waals surface area contributed by atoms with Gasteiger partial charge in [0.15, 0.2) is 0 Å². The lowest BCUT2D eigenvalue weighted by atomic mass is 9.97. The Hall–Kier alpha value is -0.120. The standard InChI is InChI=1S/C9H18O3/c1-6(2)9-8(11)7(10)4-3-5-12-9/h6-11H,3-5H2,1-2H3/t7?,8?,9-/m0/s1. The quantitative estimate of drug-likeness (QED) is 0.610. The summed E-state index contributed by atoms with van der Waals surface area (Å²) in [4.78, 5) is 0. The van der Waals surface area contributed by atoms with Gasteiger partial charge in [0, 0.05) is 6.61 Å². The van der Waals surface area contributed by atoms with E-state index in [2.05, 4.69) is 0 Å². The van der Waals surface area contributed by atoms with E-state index in [4.69, 9.17) is 4.74 Å². The van der Waals surface area contributed by atoms with Crippen LogP contribution >= 0.6 is 0 Å². The van der Waals surface area contributed by atoms with Gasteiger partial charge >= 0.3 is 0 Å². The number of hydrogen-bond acceptors (Lipinski definition) is 3. The van der Waals surface area contributed by atoms with Crippen molar-refractivity contribution in [3.05, 3.63) is 0 Å². The lowest BCUT2D eigenvalue weighted by Crippen LogP contribution is -2.40. The Morgan fingerprint density at radius 1 is 1.33 bits per heavy atom. The zero-order valence-corrected chi connectivity index (χ0v) is 7.73. The van der Waals surface area contributed by atoms with Crippen LogP contribution in [0.4, 0.5) is 0 Å². The number of hydrogen-bond donors (Lipinski definition) is 2. The molecule has 0 aromatic rings. The van der Waals surface area contributed by atoms with Crippen LogP contribution in [0.3, 0.4) is 0 Å². The van der Waals surface area contributed by atoms with Gasteiger partial charge in [0.05, 0.1) is 12.2 Å². The molecule has 3 atom stereocenters. The summed E-state index contributed by atoms with van der Waals surface area (Å²) in [6.07, 6.45) is -0.0545. The number of aliphatic hydroxyl groups is 2. The Kier molecular flexibility index (Phi) is 3.50. The number of rotatable bonds is 1. The maximum absolute atomic E-state index is 9.61. The maximum Gasteiger partial charge on any atom is 0.106 e. The summed E-state index contributed by atoms with van der Waals surface area (Å²) in [5.41, 5.74) is 0. The first-order chi connectivity index (χ1) is 5.63. The van der Waals surface area contributed by atoms with Gasteiger partial charge in [-0.3, -0.25) is 0 Å². The SMILES string of the molecule is CC(C)[C@@H]1OCCCC(O)C1O. The Labute approximate surface area is 73.4 Å². The van der Waals surface area contributed by atoms with Crippen LogP contribution in [-0.4, -0.2) is 35.1 Å². The maximum atomic E-state index is 9.61. The fraction of sp³-hybridized carbons (Fsp3) is 1.00. The van der Waals surface area contributed by atoms with E-state index < -0.39 is 12.2 Å². The van der Waals surface area contributed by atoms with E-state index in [1.54, 1.807) is 0 Å². The first-order valence-electron chi connectivity index (χ1n) is 4.60. The van der Waals surface area contributed by atoms with Crippen molar-refractivity contribution in [2.75, 3.05) is 6.61 Å². The van der Waals surface area contributed by atoms with E-state index in [1.807, 2.05) is 13.8 Å². The van der Waals surface area contributed by atoms with Crippen molar-refractivity contribution < 1.29 is 14.9 Å². The molecule has 1 heterocycles. The highest BCUT2D eigenvalue weighted by molar-refractivity contribution is 4.81. The van der Waals surface area contributed by atoms with E-state index in [0.717, 1.165) is 6.42 Å². The minimum atomic E-state index is -0.715. The van der Waals surface area contributed by atoms with E-state index in [1.165, 1.54) is 0 Å². The van der Waals surface area contributed by atoms with E-state index >= 15 is 0 Å². The molecule has 72 valence electrons. The number of aliphatic hydroxyl groups excluding tert-OH is 2. The molecule has 0 amide bonds. The first-order valence-corrected chi connectivity index (χ1v) is 4.60. The molecule has 1 saturated heterocycles. The third kappa shape index (κ3) is 2.19. The van der Waals surface area contributed by atoms with Crippen LogP contribution in [0, 0.1) is 5.92 Å². The van der Waals surface area contributed by atoms with Gasteiger partial charge in [-0.15, -0.1) is 0 Å². The molecule has 1 aliphatic rings. The zero-order valence-electron chi connectivity index (χ0n) is 7.73. The van der Waals surface area contributed by atoms with Crippen LogP contribution in [0.1, 0.15) is 26.7 Å². The summed E-state index contributed by atoms with van der Waals surface area (Å²) in [5, 5.41) is 19.1. The molecule has 3 heteroatoms. The third-order valence-electron chi connectivity index (χ3n) is 2.34. The third-order valence-corrected chi connectivity index (χ3v) is 2.34. The summed E-state index contributed by atoms with van der Waals surface area (Å²) in [6.45, 7) is 4.63. The molecule has 0 saturated carbocycles. The largest absolute Gasteiger partial charge is 0.390 e. The molecule has 1 rings (SSSR count). The average molecular weight is 174 g/mol. The summed E-state index contributed by atoms with van der Waals surface area (Å²) in [6, 6.07) is 0. The fourth-order valence-electron chi connectivity index (χ4n) is 1.59. The molecule has 0 aliphatic carbocycles. The van der Waals surface area contributed by atoms with Gasteiger partial charge in [-0.05, 0) is 18.8 Å². The highest BCUT2D eigenvalue weighted by Gasteiger charge is 2.31. The van der Waals surface area contributed by atoms with Crippen LogP contribution < -0.4 is 0 Å². The van der Waals surface area contributed by atoms with Crippen molar-refractivity contribution in [3.8, 4) is 0 Å². The monoisotopic (exact) mass is 174 g/mol. The predicted octanol–water partition coefficient (Wildman–Crippen LogP) is 0.543. The second kappa shape index (κ2) is 4.21. The normalized spacial score (nSPS) is 38.2. The van der Waals surface area contributed by atoms with Crippen LogP contribution in [-0.2, 0) is 4.74 Å². The molecule has 0 bridgehead atoms. The zero-order chi connectivity index (χ0) is 9.14. The Morgan fingerprint density at radius 2 is 2.00 bits per heavy atom. The molecule has 0 aromatic heterocycles. The van der Waals surface area contributed by atoms with Crippen molar-refractivity contribution in [2.24, 2.45) is 5.92 Å². The van der Waals surface area contributed by atoms with Crippen LogP contribution in [0.2, 0.25) is 0 Å². The van der Waals surface area contributed by atoms with Gasteiger partial charge in [-0.25, -0.2) is 0 Å². The van der Waals surface area contributed by atoms with Crippen molar-refractivity contribution in [1.29, 1.82) is 0 Å². The molecule has 2 N–H and O–H groups in total. The van der Waals surface area contributed by atoms with E-state index in [0.29, 0.717) is 13.0 Å². The van der Waals surface area contributed by atoms with Gasteiger partial charge in [0.1, 0.15) is 6.10 Å². The first kappa shape index (κ1) is 9.96. The van der Waals surface area contributed by atoms with Gasteiger partial charge in [0.25, 0.3) is 0 Å². The Bertz CT molecular complexity index is 136. The molecule has 0 spiro atoms. The second-order valence-corrected chi connectivity index (χ2v) is 3.78. The van der Waals surface area contributed by atoms with Gasteiger partial charge < -0.3 is 14.9 Å². The van der Waals surface area contributed by atoms with Gasteiger partial charge in [0.2, 0.25) is 0 Å². The molecule has 12 heavy (non-hydrogen) atoms. The van der Waals surface area contributed by atoms with Crippen LogP contribution in [0.25, 0.3) is 0 Å². The molecule has 2 unspecified atom stereocenters. The second-order valence-electron chi connectivity index (χ2n) is 3.78. The van der Waals surface area contributed by atoms with Gasteiger partial charge in [-0.2, -0.15) is 0 Å². The lowest BCUT2D eigenvalue weighted by molar-refractivity contribution is -0.0885. The highest BCUT2D eigenvalue weighted by atomic mass is 16.5. The molecule has 0 aromatic carbocycles. The Balaban J connectivity index is 2.58. The topological polar surface area (TPSA) is 49.7 Å². The van der Waals surface area contributed by atoms with Crippen molar-refractivity contribution in [3.63, 3.8) is 0 Å². The van der Waals surface area contributed by atoms with Crippen LogP contribution in [0.15, 0.2) is 0 Å². The predicted molar refractivity (Wildman–Crippen MR) is 45.8 cm³/mol. The molecule has 1 aliphatic heterocycles. The molecule has 1 fully saturated rings. The minimum absolute atomic E-state index is 0.206. The van der Waals surface area contributed by atoms with Crippen molar-refractivity contribution in [1.82, 2.24) is 0 Å². The lowest BCUT2D eigenvalue weighted by Gasteiger charge is -2.26.